The fraction of sp³-hybridized carbons (Fsp3) is 0.900. The lowest BCUT2D eigenvalue weighted by molar-refractivity contribution is -0.144. The molecule has 1 N–H and O–H groups in total. The van der Waals surface area contributed by atoms with Gasteiger partial charge in [-0.25, -0.2) is 0 Å². The van der Waals surface area contributed by atoms with Gasteiger partial charge in [0.05, 0.1) is 6.42 Å². The van der Waals surface area contributed by atoms with Crippen LogP contribution in [-0.4, -0.2) is 54.7 Å². The maximum Gasteiger partial charge on any atom is 0.390 e. The fourth-order valence-electron chi connectivity index (χ4n) is 1.54. The van der Waals surface area contributed by atoms with Crippen molar-refractivity contribution in [1.29, 1.82) is 0 Å². The molecule has 0 aliphatic carbocycles. The molecule has 1 rings (SSSR count). The predicted octanol–water partition coefficient (Wildman–Crippen LogP) is 1.49. The topological polar surface area (TPSA) is 32.3 Å². The summed E-state index contributed by atoms with van der Waals surface area (Å²) in [5.41, 5.74) is 0. The van der Waals surface area contributed by atoms with Crippen LogP contribution in [0.4, 0.5) is 13.2 Å². The monoisotopic (exact) mass is 270 g/mol. The van der Waals surface area contributed by atoms with Gasteiger partial charge in [0.1, 0.15) is 0 Å². The third kappa shape index (κ3) is 6.16. The summed E-state index contributed by atoms with van der Waals surface area (Å²) in [5, 5.41) is 3.19. The van der Waals surface area contributed by atoms with Crippen LogP contribution in [0.25, 0.3) is 0 Å². The quantitative estimate of drug-likeness (QED) is 0.840. The van der Waals surface area contributed by atoms with E-state index in [4.69, 9.17) is 0 Å². The molecule has 0 aromatic heterocycles. The zero-order chi connectivity index (χ0) is 12.9. The molecule has 1 amide bonds. The molecule has 1 aliphatic rings. The number of hydrogen-bond acceptors (Lipinski definition) is 3. The molecule has 1 atom stereocenters. The number of halogens is 3. The molecule has 1 aliphatic heterocycles. The summed E-state index contributed by atoms with van der Waals surface area (Å²) in [6.45, 7) is 0.594. The third-order valence-corrected chi connectivity index (χ3v) is 3.71. The molecule has 0 aromatic carbocycles. The smallest absolute Gasteiger partial charge is 0.345 e. The van der Waals surface area contributed by atoms with E-state index in [-0.39, 0.29) is 24.9 Å². The first-order valence-corrected chi connectivity index (χ1v) is 6.66. The minimum absolute atomic E-state index is 0.0922. The molecule has 1 saturated heterocycles. The maximum atomic E-state index is 12.0. The highest BCUT2D eigenvalue weighted by molar-refractivity contribution is 7.99. The molecule has 0 aromatic rings. The van der Waals surface area contributed by atoms with Gasteiger partial charge >= 0.3 is 6.18 Å². The van der Waals surface area contributed by atoms with Crippen molar-refractivity contribution in [2.75, 3.05) is 31.6 Å². The van der Waals surface area contributed by atoms with Crippen LogP contribution in [0.3, 0.4) is 0 Å². The number of nitrogens with zero attached hydrogens (tertiary/aromatic N) is 1. The van der Waals surface area contributed by atoms with Gasteiger partial charge in [-0.05, 0) is 0 Å². The summed E-state index contributed by atoms with van der Waals surface area (Å²) < 4.78 is 36.0. The number of alkyl halides is 3. The maximum absolute atomic E-state index is 12.0. The molecule has 1 heterocycles. The second-order valence-electron chi connectivity index (χ2n) is 4.11. The van der Waals surface area contributed by atoms with Crippen molar-refractivity contribution in [1.82, 2.24) is 10.2 Å². The van der Waals surface area contributed by atoms with E-state index in [2.05, 4.69) is 5.32 Å². The first-order valence-electron chi connectivity index (χ1n) is 5.50. The van der Waals surface area contributed by atoms with Gasteiger partial charge in [0.2, 0.25) is 5.91 Å². The molecular weight excluding hydrogens is 253 g/mol. The SMILES string of the molecule is CN(CCC(F)(F)F)C(=O)CC1CSCCN1. The Morgan fingerprint density at radius 2 is 2.24 bits per heavy atom. The average molecular weight is 270 g/mol. The summed E-state index contributed by atoms with van der Waals surface area (Å²) in [7, 11) is 1.42. The van der Waals surface area contributed by atoms with Gasteiger partial charge in [-0.1, -0.05) is 0 Å². The Hall–Kier alpha value is -0.430. The van der Waals surface area contributed by atoms with E-state index in [1.165, 1.54) is 7.05 Å². The van der Waals surface area contributed by atoms with Crippen LogP contribution in [0.2, 0.25) is 0 Å². The Balaban J connectivity index is 2.26. The van der Waals surface area contributed by atoms with Crippen molar-refractivity contribution in [3.05, 3.63) is 0 Å². The molecule has 7 heteroatoms. The number of hydrogen-bond donors (Lipinski definition) is 1. The number of thioether (sulfide) groups is 1. The van der Waals surface area contributed by atoms with Crippen LogP contribution < -0.4 is 5.32 Å². The molecule has 1 unspecified atom stereocenters. The van der Waals surface area contributed by atoms with E-state index in [9.17, 15) is 18.0 Å². The van der Waals surface area contributed by atoms with E-state index in [1.54, 1.807) is 11.8 Å². The molecule has 0 saturated carbocycles. The zero-order valence-electron chi connectivity index (χ0n) is 9.72. The van der Waals surface area contributed by atoms with Crippen molar-refractivity contribution in [2.24, 2.45) is 0 Å². The average Bonchev–Trinajstić information content (AvgIpc) is 2.26. The second kappa shape index (κ2) is 6.49. The molecular formula is C10H17F3N2OS. The summed E-state index contributed by atoms with van der Waals surface area (Å²) in [6, 6.07) is 0.0922. The minimum atomic E-state index is -4.20. The minimum Gasteiger partial charge on any atom is -0.345 e. The van der Waals surface area contributed by atoms with Crippen molar-refractivity contribution in [2.45, 2.75) is 25.1 Å². The summed E-state index contributed by atoms with van der Waals surface area (Å²) >= 11 is 1.76. The van der Waals surface area contributed by atoms with Gasteiger partial charge in [0.25, 0.3) is 0 Å². The van der Waals surface area contributed by atoms with Gasteiger partial charge in [0.15, 0.2) is 0 Å². The summed E-state index contributed by atoms with van der Waals surface area (Å²) in [6.07, 6.45) is -4.86. The highest BCUT2D eigenvalue weighted by Gasteiger charge is 2.28. The Labute approximate surface area is 103 Å². The summed E-state index contributed by atoms with van der Waals surface area (Å²) in [4.78, 5) is 12.8. The van der Waals surface area contributed by atoms with Crippen molar-refractivity contribution in [3.63, 3.8) is 0 Å². The number of nitrogens with one attached hydrogen (secondary N) is 1. The lowest BCUT2D eigenvalue weighted by Gasteiger charge is -2.25. The van der Waals surface area contributed by atoms with Crippen LogP contribution in [0.5, 0.6) is 0 Å². The van der Waals surface area contributed by atoms with Gasteiger partial charge in [-0.3, -0.25) is 4.79 Å². The van der Waals surface area contributed by atoms with E-state index in [0.717, 1.165) is 23.0 Å². The van der Waals surface area contributed by atoms with Crippen LogP contribution in [0, 0.1) is 0 Å². The van der Waals surface area contributed by atoms with E-state index < -0.39 is 12.6 Å². The zero-order valence-corrected chi connectivity index (χ0v) is 10.5. The Bertz CT molecular complexity index is 254. The Morgan fingerprint density at radius 3 is 2.76 bits per heavy atom. The highest BCUT2D eigenvalue weighted by atomic mass is 32.2. The standard InChI is InChI=1S/C10H17F3N2OS/c1-15(4-2-10(11,12)13)9(16)6-8-7-17-5-3-14-8/h8,14H,2-7H2,1H3. The van der Waals surface area contributed by atoms with Gasteiger partial charge < -0.3 is 10.2 Å². The van der Waals surface area contributed by atoms with Crippen LogP contribution >= 0.6 is 11.8 Å². The van der Waals surface area contributed by atoms with Gasteiger partial charge in [-0.15, -0.1) is 0 Å². The number of amides is 1. The van der Waals surface area contributed by atoms with E-state index in [1.807, 2.05) is 0 Å². The van der Waals surface area contributed by atoms with Crippen LogP contribution in [0.15, 0.2) is 0 Å². The molecule has 0 radical (unpaired) electrons. The molecule has 1 fully saturated rings. The predicted molar refractivity (Wildman–Crippen MR) is 62.0 cm³/mol. The van der Waals surface area contributed by atoms with E-state index in [0.29, 0.717) is 0 Å². The lowest BCUT2D eigenvalue weighted by atomic mass is 10.2. The summed E-state index contributed by atoms with van der Waals surface area (Å²) in [5.74, 6) is 1.64. The van der Waals surface area contributed by atoms with Gasteiger partial charge in [-0.2, -0.15) is 24.9 Å². The highest BCUT2D eigenvalue weighted by Crippen LogP contribution is 2.19. The Morgan fingerprint density at radius 1 is 1.53 bits per heavy atom. The third-order valence-electron chi connectivity index (χ3n) is 2.58. The van der Waals surface area contributed by atoms with Crippen molar-refractivity contribution >= 4 is 17.7 Å². The van der Waals surface area contributed by atoms with Crippen LogP contribution in [-0.2, 0) is 4.79 Å². The largest absolute Gasteiger partial charge is 0.390 e. The second-order valence-corrected chi connectivity index (χ2v) is 5.26. The first kappa shape index (κ1) is 14.6. The Kier molecular flexibility index (Phi) is 5.58. The fourth-order valence-corrected chi connectivity index (χ4v) is 2.49. The van der Waals surface area contributed by atoms with Crippen LogP contribution in [0.1, 0.15) is 12.8 Å². The molecule has 0 bridgehead atoms. The first-order chi connectivity index (χ1) is 7.88. The van der Waals surface area contributed by atoms with Crippen molar-refractivity contribution < 1.29 is 18.0 Å². The van der Waals surface area contributed by atoms with E-state index >= 15 is 0 Å². The number of rotatable bonds is 4. The lowest BCUT2D eigenvalue weighted by Crippen LogP contribution is -2.42. The van der Waals surface area contributed by atoms with Gasteiger partial charge in [0, 0.05) is 44.1 Å². The molecule has 17 heavy (non-hydrogen) atoms. The molecule has 3 nitrogen and oxygen atoms in total. The molecule has 0 spiro atoms. The number of carbonyl (C=O) groups excluding carboxylic acids is 1. The van der Waals surface area contributed by atoms with Crippen molar-refractivity contribution in [3.8, 4) is 0 Å². The number of carbonyl (C=O) groups is 1. The molecule has 100 valence electrons. The normalized spacial score (nSPS) is 21.3.